The number of hydrogen-bond acceptors (Lipinski definition) is 12. The van der Waals surface area contributed by atoms with E-state index in [1.807, 2.05) is 0 Å². The Balaban J connectivity index is -0.0000000375. The summed E-state index contributed by atoms with van der Waals surface area (Å²) in [6.07, 6.45) is 0. The number of carbonyl (C=O) groups is 6. The van der Waals surface area contributed by atoms with Crippen LogP contribution < -0.4 is 30.6 Å². The van der Waals surface area contributed by atoms with Gasteiger partial charge in [-0.25, -0.2) is 0 Å². The Morgan fingerprint density at radius 3 is 0.429 bits per heavy atom. The summed E-state index contributed by atoms with van der Waals surface area (Å²) in [4.78, 5) is 53.6. The molecule has 0 bridgehead atoms. The van der Waals surface area contributed by atoms with Crippen molar-refractivity contribution in [2.45, 2.75) is 0 Å². The van der Waals surface area contributed by atoms with E-state index in [9.17, 15) is 0 Å². The molecule has 13 nitrogen and oxygen atoms in total. The zero-order chi connectivity index (χ0) is 15.5. The number of hydrogen-bond donors (Lipinski definition) is 0. The second-order valence-corrected chi connectivity index (χ2v) is 1.72. The average Bonchev–Trinajstić information content (AvgIpc) is 2.18. The van der Waals surface area contributed by atoms with Gasteiger partial charge in [0.25, 0.3) is 0 Å². The predicted molar refractivity (Wildman–Crippen MR) is 33.7 cm³/mol. The largest absolute Gasteiger partial charge is 3.00 e. The van der Waals surface area contributed by atoms with E-state index in [0.29, 0.717) is 0 Å². The minimum absolute atomic E-state index is 0. The quantitative estimate of drug-likeness (QED) is 0.245. The molecule has 2 N–H and O–H groups in total. The fourth-order valence-corrected chi connectivity index (χ4v) is 0. The second-order valence-electron chi connectivity index (χ2n) is 1.72. The molecule has 0 spiro atoms. The summed E-state index contributed by atoms with van der Waals surface area (Å²) >= 11 is 0. The van der Waals surface area contributed by atoms with Crippen LogP contribution in [0.5, 0.6) is 0 Å². The molecule has 0 aromatic carbocycles. The summed E-state index contributed by atoms with van der Waals surface area (Å²) in [5, 5.41) is 53.6. The molecule has 15 heteroatoms. The molecule has 0 atom stereocenters. The summed E-state index contributed by atoms with van der Waals surface area (Å²) in [6.45, 7) is 0. The molecule has 0 saturated carbocycles. The molecule has 112 valence electrons. The van der Waals surface area contributed by atoms with Gasteiger partial charge in [-0.2, -0.15) is 0 Å². The van der Waals surface area contributed by atoms with Gasteiger partial charge < -0.3 is 64.9 Å². The SMILES string of the molecule is O.O=C([O-])C(=O)[O-].O=C([O-])C(=O)[O-].O=C([O-])C(=O)[O-].[Nd+3].[Nd+3]. The Hall–Kier alpha value is -0.519. The average molecular weight is 571 g/mol. The topological polar surface area (TPSA) is 272 Å². The number of rotatable bonds is 0. The van der Waals surface area contributed by atoms with E-state index in [-0.39, 0.29) is 87.2 Å². The third-order valence-electron chi connectivity index (χ3n) is 0.500. The van der Waals surface area contributed by atoms with Crippen molar-refractivity contribution in [1.29, 1.82) is 0 Å². The Bertz CT molecular complexity index is 282. The molecular formula is C6H2Nd2O13. The number of carboxylic acid groups (broad SMARTS) is 6. The van der Waals surface area contributed by atoms with Crippen molar-refractivity contribution in [3.05, 3.63) is 0 Å². The van der Waals surface area contributed by atoms with E-state index in [1.165, 1.54) is 0 Å². The Labute approximate surface area is 180 Å². The maximum Gasteiger partial charge on any atom is 3.00 e. The molecule has 0 rings (SSSR count). The van der Waals surface area contributed by atoms with Crippen molar-refractivity contribution in [2.75, 3.05) is 0 Å². The summed E-state index contributed by atoms with van der Waals surface area (Å²) in [5.74, 6) is -13.1. The van der Waals surface area contributed by atoms with Crippen molar-refractivity contribution in [2.24, 2.45) is 0 Å². The molecule has 0 heterocycles. The first-order valence-electron chi connectivity index (χ1n) is 3.20. The van der Waals surface area contributed by atoms with E-state index < -0.39 is 35.8 Å². The monoisotopic (exact) mass is 566 g/mol. The third-order valence-corrected chi connectivity index (χ3v) is 0.500. The van der Waals surface area contributed by atoms with Crippen LogP contribution in [0.2, 0.25) is 0 Å². The van der Waals surface area contributed by atoms with Gasteiger partial charge in [0.05, 0.1) is 35.8 Å². The van der Waals surface area contributed by atoms with Gasteiger partial charge in [0, 0.05) is 0 Å². The Morgan fingerprint density at radius 2 is 0.429 bits per heavy atom. The van der Waals surface area contributed by atoms with E-state index in [4.69, 9.17) is 59.4 Å². The van der Waals surface area contributed by atoms with Crippen LogP contribution in [0.15, 0.2) is 0 Å². The van der Waals surface area contributed by atoms with Crippen LogP contribution in [0.3, 0.4) is 0 Å². The van der Waals surface area contributed by atoms with Crippen LogP contribution in [0.25, 0.3) is 0 Å². The molecule has 2 radical (unpaired) electrons. The summed E-state index contributed by atoms with van der Waals surface area (Å²) in [6, 6.07) is 0. The molecule has 0 amide bonds. The first kappa shape index (κ1) is 37.1. The van der Waals surface area contributed by atoms with E-state index in [2.05, 4.69) is 0 Å². The van der Waals surface area contributed by atoms with E-state index >= 15 is 0 Å². The normalized spacial score (nSPS) is 6.29. The predicted octanol–water partition coefficient (Wildman–Crippen LogP) is -11.4. The zero-order valence-corrected chi connectivity index (χ0v) is 15.8. The first-order chi connectivity index (χ1) is 7.93. The number of aliphatic carboxylic acids is 6. The smallest absolute Gasteiger partial charge is 0.543 e. The molecule has 0 aromatic rings. The maximum absolute atomic E-state index is 8.93. The molecular weight excluding hydrogens is 569 g/mol. The van der Waals surface area contributed by atoms with E-state index in [0.717, 1.165) is 0 Å². The summed E-state index contributed by atoms with van der Waals surface area (Å²) in [5.41, 5.74) is 0. The van der Waals surface area contributed by atoms with E-state index in [1.54, 1.807) is 0 Å². The molecule has 0 aliphatic carbocycles. The van der Waals surface area contributed by atoms with Crippen LogP contribution in [-0.2, 0) is 28.8 Å². The molecule has 0 aliphatic rings. The van der Waals surface area contributed by atoms with Crippen molar-refractivity contribution >= 4 is 35.8 Å². The van der Waals surface area contributed by atoms with Crippen molar-refractivity contribution in [1.82, 2.24) is 0 Å². The molecule has 21 heavy (non-hydrogen) atoms. The van der Waals surface area contributed by atoms with Gasteiger partial charge in [-0.3, -0.25) is 0 Å². The van der Waals surface area contributed by atoms with Gasteiger partial charge in [-0.1, -0.05) is 0 Å². The maximum atomic E-state index is 8.93. The van der Waals surface area contributed by atoms with Gasteiger partial charge in [0.2, 0.25) is 0 Å². The molecule has 0 fully saturated rings. The third kappa shape index (κ3) is 45.2. The van der Waals surface area contributed by atoms with Crippen molar-refractivity contribution < 1.29 is 147 Å². The summed E-state index contributed by atoms with van der Waals surface area (Å²) in [7, 11) is 0. The fraction of sp³-hybridized carbons (Fsp3) is 0. The molecule has 0 aliphatic heterocycles. The zero-order valence-electron chi connectivity index (χ0n) is 9.40. The summed E-state index contributed by atoms with van der Waals surface area (Å²) < 4.78 is 0. The first-order valence-corrected chi connectivity index (χ1v) is 3.20. The van der Waals surface area contributed by atoms with Crippen LogP contribution in [0.1, 0.15) is 0 Å². The minimum atomic E-state index is -2.19. The van der Waals surface area contributed by atoms with Gasteiger partial charge in [0.15, 0.2) is 0 Å². The fourth-order valence-electron chi connectivity index (χ4n) is 0. The van der Waals surface area contributed by atoms with Crippen LogP contribution in [-0.4, -0.2) is 41.3 Å². The molecule has 0 aromatic heterocycles. The standard InChI is InChI=1S/3C2H2O4.2Nd.H2O/c3*3-1(4)2(5)6;;;/h3*(H,3,4)(H,5,6);;;1H2/q;;;2*+3;/p-6. The van der Waals surface area contributed by atoms with Crippen molar-refractivity contribution in [3.8, 4) is 0 Å². The van der Waals surface area contributed by atoms with Gasteiger partial charge in [-0.15, -0.1) is 0 Å². The number of carboxylic acids is 6. The van der Waals surface area contributed by atoms with Gasteiger partial charge >= 0.3 is 81.7 Å². The Morgan fingerprint density at radius 1 is 0.381 bits per heavy atom. The van der Waals surface area contributed by atoms with Crippen LogP contribution in [0.4, 0.5) is 0 Å². The molecule has 0 saturated heterocycles. The van der Waals surface area contributed by atoms with Gasteiger partial charge in [-0.05, 0) is 0 Å². The number of carbonyl (C=O) groups excluding carboxylic acids is 6. The second kappa shape index (κ2) is 21.8. The van der Waals surface area contributed by atoms with Crippen molar-refractivity contribution in [3.63, 3.8) is 0 Å². The van der Waals surface area contributed by atoms with Gasteiger partial charge in [0.1, 0.15) is 0 Å². The Kier molecular flexibility index (Phi) is 38.4. The minimum Gasteiger partial charge on any atom is -0.543 e. The van der Waals surface area contributed by atoms with Crippen LogP contribution >= 0.6 is 0 Å². The molecule has 0 unspecified atom stereocenters. The van der Waals surface area contributed by atoms with Crippen LogP contribution in [0, 0.1) is 81.7 Å².